The fraction of sp³-hybridized carbons (Fsp3) is 0.239. The number of aryl methyl sites for hydroxylation is 1. The van der Waals surface area contributed by atoms with Crippen molar-refractivity contribution >= 4 is 82.2 Å². The largest absolute Gasteiger partial charge is 0.494 e. The summed E-state index contributed by atoms with van der Waals surface area (Å²) >= 11 is 6.64. The van der Waals surface area contributed by atoms with Crippen LogP contribution in [0.4, 0.5) is 38.9 Å². The van der Waals surface area contributed by atoms with E-state index in [0.717, 1.165) is 27.4 Å². The first-order valence-corrected chi connectivity index (χ1v) is 23.7. The molecule has 9 rings (SSSR count). The Kier molecular flexibility index (Phi) is 11.4. The molecular weight excluding hydrogens is 874 g/mol. The van der Waals surface area contributed by atoms with Crippen LogP contribution in [-0.4, -0.2) is 101 Å². The Labute approximate surface area is 378 Å². The zero-order valence-electron chi connectivity index (χ0n) is 35.8. The van der Waals surface area contributed by atoms with Crippen LogP contribution in [0, 0.1) is 5.82 Å². The third-order valence-electron chi connectivity index (χ3n) is 11.7. The van der Waals surface area contributed by atoms with Gasteiger partial charge in [0.2, 0.25) is 17.8 Å². The van der Waals surface area contributed by atoms with Gasteiger partial charge in [0.15, 0.2) is 5.82 Å². The van der Waals surface area contributed by atoms with Gasteiger partial charge in [-0.2, -0.15) is 10.1 Å². The normalized spacial score (nSPS) is 16.5. The van der Waals surface area contributed by atoms with E-state index in [1.807, 2.05) is 31.4 Å². The number of nitrogens with one attached hydrogen (secondary N) is 3. The molecule has 0 radical (unpaired) electrons. The highest BCUT2D eigenvalue weighted by atomic mass is 35.5. The number of ether oxygens (including phenoxy) is 1. The topological polar surface area (TPSA) is 184 Å². The van der Waals surface area contributed by atoms with E-state index >= 15 is 0 Å². The molecule has 3 aliphatic heterocycles. The number of hydrogen-bond donors (Lipinski definition) is 3. The highest BCUT2D eigenvalue weighted by Gasteiger charge is 2.45. The quantitative estimate of drug-likeness (QED) is 0.0911. The molecule has 1 unspecified atom stereocenters. The van der Waals surface area contributed by atoms with E-state index < -0.39 is 36.8 Å². The van der Waals surface area contributed by atoms with E-state index in [4.69, 9.17) is 21.3 Å². The summed E-state index contributed by atoms with van der Waals surface area (Å²) in [7, 11) is 0.519. The van der Waals surface area contributed by atoms with Crippen LogP contribution in [0.3, 0.4) is 0 Å². The minimum atomic E-state index is -2.90. The molecule has 2 saturated heterocycles. The van der Waals surface area contributed by atoms with E-state index in [9.17, 15) is 28.1 Å². The van der Waals surface area contributed by atoms with Gasteiger partial charge in [-0.25, -0.2) is 9.37 Å². The number of fused-ring (bicyclic) bond motifs is 1. The number of rotatable bonds is 11. The maximum Gasteiger partial charge on any atom is 0.262 e. The van der Waals surface area contributed by atoms with Gasteiger partial charge in [-0.15, -0.1) is 0 Å². The van der Waals surface area contributed by atoms with Gasteiger partial charge < -0.3 is 29.7 Å². The van der Waals surface area contributed by atoms with Crippen molar-refractivity contribution in [2.75, 3.05) is 67.1 Å². The fourth-order valence-corrected chi connectivity index (χ4v) is 9.76. The van der Waals surface area contributed by atoms with E-state index in [1.54, 1.807) is 79.8 Å². The highest BCUT2D eigenvalue weighted by Crippen LogP contribution is 2.43. The number of piperazine rings is 1. The van der Waals surface area contributed by atoms with Gasteiger partial charge >= 0.3 is 0 Å². The molecule has 16 nitrogen and oxygen atoms in total. The molecule has 2 aromatic heterocycles. The Hall–Kier alpha value is -7.10. The van der Waals surface area contributed by atoms with E-state index in [1.165, 1.54) is 12.3 Å². The average molecular weight is 917 g/mol. The maximum atomic E-state index is 14.7. The Morgan fingerprint density at radius 2 is 1.58 bits per heavy atom. The third-order valence-corrected chi connectivity index (χ3v) is 13.6. The molecule has 5 heterocycles. The Morgan fingerprint density at radius 3 is 2.29 bits per heavy atom. The molecule has 4 aromatic carbocycles. The molecule has 0 bridgehead atoms. The standard InChI is InChI=1S/C46H43ClFN10O6P/c1-55-25-27(23-50-55)31-21-36(52-46-49-24-33(47)42(54-46)51-35-12-9-26(19-40(35)65(3,4)63)29-7-5-6-8-34(29)48)39(64-2)22-38(31)57-17-15-56(16-18-57)28-10-11-30-32(20-28)45(62)58(44(30)61)37-13-14-41(59)53-43(37)60/h5-12,19-25,37H,13-18H2,1-4H3,(H,53,59,60)(H2,49,51,52,54). The molecule has 65 heavy (non-hydrogen) atoms. The van der Waals surface area contributed by atoms with Crippen LogP contribution in [0.2, 0.25) is 5.02 Å². The molecule has 0 spiro atoms. The summed E-state index contributed by atoms with van der Waals surface area (Å²) in [5.74, 6) is -1.60. The summed E-state index contributed by atoms with van der Waals surface area (Å²) in [5, 5.41) is 13.9. The van der Waals surface area contributed by atoms with Gasteiger partial charge in [-0.05, 0) is 67.8 Å². The second-order valence-corrected chi connectivity index (χ2v) is 19.9. The molecule has 19 heteroatoms. The SMILES string of the molecule is COc1cc(N2CCN(c3ccc4c(c3)C(=O)N(C3CCC(=O)NC3=O)C4=O)CC2)c(-c2cnn(C)c2)cc1Nc1ncc(Cl)c(Nc2ccc(-c3ccccc3F)cc2P(C)(C)=O)n1. The van der Waals surface area contributed by atoms with Gasteiger partial charge in [-0.1, -0.05) is 35.9 Å². The fourth-order valence-electron chi connectivity index (χ4n) is 8.46. The number of methoxy groups -OCH3 is 1. The summed E-state index contributed by atoms with van der Waals surface area (Å²) in [6.45, 7) is 5.64. The van der Waals surface area contributed by atoms with Gasteiger partial charge in [0.25, 0.3) is 11.8 Å². The predicted octanol–water partition coefficient (Wildman–Crippen LogP) is 6.81. The molecule has 0 saturated carbocycles. The lowest BCUT2D eigenvalue weighted by Crippen LogP contribution is -2.54. The summed E-state index contributed by atoms with van der Waals surface area (Å²) in [5.41, 5.74) is 5.87. The summed E-state index contributed by atoms with van der Waals surface area (Å²) in [6, 6.07) is 19.6. The van der Waals surface area contributed by atoms with Crippen LogP contribution in [0.15, 0.2) is 91.4 Å². The predicted molar refractivity (Wildman–Crippen MR) is 247 cm³/mol. The average Bonchev–Trinajstić information content (AvgIpc) is 3.83. The molecule has 6 aromatic rings. The summed E-state index contributed by atoms with van der Waals surface area (Å²) in [6.07, 6.45) is 5.29. The second-order valence-electron chi connectivity index (χ2n) is 16.3. The second kappa shape index (κ2) is 17.1. The Balaban J connectivity index is 0.958. The number of hydrogen-bond acceptors (Lipinski definition) is 13. The van der Waals surface area contributed by atoms with Crippen molar-refractivity contribution in [3.63, 3.8) is 0 Å². The lowest BCUT2D eigenvalue weighted by molar-refractivity contribution is -0.136. The number of piperidine rings is 1. The zero-order valence-corrected chi connectivity index (χ0v) is 37.4. The number of imide groups is 2. The molecule has 4 amide bonds. The van der Waals surface area contributed by atoms with Crippen molar-refractivity contribution < 1.29 is 32.9 Å². The molecule has 3 N–H and O–H groups in total. The van der Waals surface area contributed by atoms with Crippen molar-refractivity contribution in [2.24, 2.45) is 7.05 Å². The molecule has 332 valence electrons. The lowest BCUT2D eigenvalue weighted by Gasteiger charge is -2.38. The lowest BCUT2D eigenvalue weighted by atomic mass is 10.0. The number of carbonyl (C=O) groups is 4. The number of benzene rings is 4. The maximum absolute atomic E-state index is 14.7. The van der Waals surface area contributed by atoms with E-state index in [2.05, 4.69) is 35.8 Å². The van der Waals surface area contributed by atoms with Crippen molar-refractivity contribution in [2.45, 2.75) is 18.9 Å². The van der Waals surface area contributed by atoms with Gasteiger partial charge in [0, 0.05) is 85.3 Å². The van der Waals surface area contributed by atoms with Crippen LogP contribution in [0.1, 0.15) is 33.6 Å². The van der Waals surface area contributed by atoms with Gasteiger partial charge in [-0.3, -0.25) is 34.1 Å². The van der Waals surface area contributed by atoms with Crippen LogP contribution >= 0.6 is 18.7 Å². The summed E-state index contributed by atoms with van der Waals surface area (Å²) < 4.78 is 36.0. The zero-order chi connectivity index (χ0) is 45.7. The van der Waals surface area contributed by atoms with Crippen LogP contribution in [-0.2, 0) is 21.2 Å². The van der Waals surface area contributed by atoms with Crippen LogP contribution < -0.4 is 35.8 Å². The first kappa shape index (κ1) is 43.2. The smallest absolute Gasteiger partial charge is 0.262 e. The molecule has 2 fully saturated rings. The third kappa shape index (κ3) is 8.40. The van der Waals surface area contributed by atoms with Crippen molar-refractivity contribution in [3.05, 3.63) is 113 Å². The monoisotopic (exact) mass is 916 g/mol. The Bertz CT molecular complexity index is 2990. The number of halogens is 2. The first-order chi connectivity index (χ1) is 31.2. The van der Waals surface area contributed by atoms with E-state index in [0.29, 0.717) is 59.7 Å². The molecule has 1 atom stereocenters. The number of carbonyl (C=O) groups excluding carboxylic acids is 4. The van der Waals surface area contributed by atoms with Gasteiger partial charge in [0.05, 0.1) is 42.0 Å². The van der Waals surface area contributed by atoms with Crippen molar-refractivity contribution in [1.29, 1.82) is 0 Å². The van der Waals surface area contributed by atoms with Crippen molar-refractivity contribution in [1.82, 2.24) is 30.0 Å². The van der Waals surface area contributed by atoms with Gasteiger partial charge in [0.1, 0.15) is 29.8 Å². The van der Waals surface area contributed by atoms with E-state index in [-0.39, 0.29) is 46.6 Å². The molecule has 3 aliphatic rings. The minimum Gasteiger partial charge on any atom is -0.494 e. The summed E-state index contributed by atoms with van der Waals surface area (Å²) in [4.78, 5) is 65.7. The van der Waals surface area contributed by atoms with Crippen molar-refractivity contribution in [3.8, 4) is 28.0 Å². The number of aromatic nitrogens is 4. The number of anilines is 6. The van der Waals surface area contributed by atoms with Crippen LogP contribution in [0.5, 0.6) is 5.75 Å². The Morgan fingerprint density at radius 1 is 0.831 bits per heavy atom. The molecular formula is C46H43ClFN10O6P. The van der Waals surface area contributed by atoms with Crippen LogP contribution in [0.25, 0.3) is 22.3 Å². The number of nitrogens with zero attached hydrogens (tertiary/aromatic N) is 7. The molecule has 0 aliphatic carbocycles. The minimum absolute atomic E-state index is 0.0476. The highest BCUT2D eigenvalue weighted by molar-refractivity contribution is 7.70. The number of amides is 4. The first-order valence-electron chi connectivity index (χ1n) is 20.7.